The molecule has 0 fully saturated rings. The van der Waals surface area contributed by atoms with Crippen LogP contribution in [0.4, 0.5) is 4.39 Å². The molecule has 2 N–H and O–H groups in total. The molecule has 5 heteroatoms. The van der Waals surface area contributed by atoms with Crippen LogP contribution in [0.1, 0.15) is 29.7 Å². The molecule has 3 rings (SSSR count). The van der Waals surface area contributed by atoms with Gasteiger partial charge < -0.3 is 15.2 Å². The molecular formula is C16H15ClFNO2. The minimum absolute atomic E-state index is 0.0881. The standard InChI is InChI=1S/C16H15ClFNO2/c1-20-10-3-5-15-11(7-10)14(19)8-16(21-15)9-2-4-13(18)12(17)6-9/h2-7,14,16H,8,19H2,1H3/t14-,16?/m1/s1. The lowest BCUT2D eigenvalue weighted by atomic mass is 9.93. The molecule has 0 bridgehead atoms. The molecule has 0 radical (unpaired) electrons. The average molecular weight is 308 g/mol. The topological polar surface area (TPSA) is 44.5 Å². The second-order valence-corrected chi connectivity index (χ2v) is 5.43. The molecule has 110 valence electrons. The zero-order valence-corrected chi connectivity index (χ0v) is 12.2. The fourth-order valence-corrected chi connectivity index (χ4v) is 2.72. The Morgan fingerprint density at radius 2 is 2.10 bits per heavy atom. The lowest BCUT2D eigenvalue weighted by Gasteiger charge is -2.31. The highest BCUT2D eigenvalue weighted by atomic mass is 35.5. The third kappa shape index (κ3) is 2.69. The quantitative estimate of drug-likeness (QED) is 0.911. The van der Waals surface area contributed by atoms with Crippen LogP contribution in [-0.4, -0.2) is 7.11 Å². The van der Waals surface area contributed by atoms with E-state index in [0.717, 1.165) is 22.6 Å². The Balaban J connectivity index is 1.92. The second-order valence-electron chi connectivity index (χ2n) is 5.03. The van der Waals surface area contributed by atoms with Gasteiger partial charge in [0.1, 0.15) is 23.4 Å². The predicted octanol–water partition coefficient (Wildman–Crippen LogP) is 4.01. The van der Waals surface area contributed by atoms with Crippen molar-refractivity contribution in [3.05, 3.63) is 58.4 Å². The van der Waals surface area contributed by atoms with Gasteiger partial charge in [-0.3, -0.25) is 0 Å². The van der Waals surface area contributed by atoms with Gasteiger partial charge in [0.25, 0.3) is 0 Å². The van der Waals surface area contributed by atoms with Gasteiger partial charge in [0.15, 0.2) is 0 Å². The molecule has 1 heterocycles. The molecule has 0 spiro atoms. The summed E-state index contributed by atoms with van der Waals surface area (Å²) in [6, 6.07) is 9.98. The van der Waals surface area contributed by atoms with Crippen LogP contribution in [0.5, 0.6) is 11.5 Å². The first kappa shape index (κ1) is 14.2. The minimum atomic E-state index is -0.439. The molecule has 2 aromatic rings. The van der Waals surface area contributed by atoms with E-state index in [9.17, 15) is 4.39 Å². The highest BCUT2D eigenvalue weighted by Crippen LogP contribution is 2.41. The molecule has 2 atom stereocenters. The maximum atomic E-state index is 13.3. The summed E-state index contributed by atoms with van der Waals surface area (Å²) in [5.41, 5.74) is 7.96. The Bertz CT molecular complexity index is 677. The molecule has 0 aromatic heterocycles. The number of ether oxygens (including phenoxy) is 2. The number of halogens is 2. The van der Waals surface area contributed by atoms with Crippen LogP contribution in [-0.2, 0) is 0 Å². The molecule has 1 aliphatic rings. The molecule has 0 aliphatic carbocycles. The number of hydrogen-bond donors (Lipinski definition) is 1. The Hall–Kier alpha value is -1.78. The predicted molar refractivity (Wildman–Crippen MR) is 79.3 cm³/mol. The van der Waals surface area contributed by atoms with E-state index in [2.05, 4.69) is 0 Å². The lowest BCUT2D eigenvalue weighted by molar-refractivity contribution is 0.161. The van der Waals surface area contributed by atoms with Crippen molar-refractivity contribution in [2.75, 3.05) is 7.11 Å². The van der Waals surface area contributed by atoms with E-state index >= 15 is 0 Å². The normalized spacial score (nSPS) is 20.6. The fraction of sp³-hybridized carbons (Fsp3) is 0.250. The molecule has 21 heavy (non-hydrogen) atoms. The molecule has 3 nitrogen and oxygen atoms in total. The van der Waals surface area contributed by atoms with Gasteiger partial charge in [0.05, 0.1) is 12.1 Å². The van der Waals surface area contributed by atoms with Gasteiger partial charge in [-0.05, 0) is 35.9 Å². The van der Waals surface area contributed by atoms with E-state index < -0.39 is 5.82 Å². The lowest BCUT2D eigenvalue weighted by Crippen LogP contribution is -2.24. The SMILES string of the molecule is COc1ccc2c(c1)[C@H](N)CC(c1ccc(F)c(Cl)c1)O2. The monoisotopic (exact) mass is 307 g/mol. The first-order chi connectivity index (χ1) is 10.1. The van der Waals surface area contributed by atoms with Crippen molar-refractivity contribution in [1.29, 1.82) is 0 Å². The summed E-state index contributed by atoms with van der Waals surface area (Å²) in [4.78, 5) is 0. The van der Waals surface area contributed by atoms with Crippen LogP contribution < -0.4 is 15.2 Å². The van der Waals surface area contributed by atoms with Gasteiger partial charge in [0.2, 0.25) is 0 Å². The first-order valence-electron chi connectivity index (χ1n) is 6.63. The summed E-state index contributed by atoms with van der Waals surface area (Å²) in [5.74, 6) is 1.03. The molecule has 2 aromatic carbocycles. The van der Waals surface area contributed by atoms with Gasteiger partial charge in [-0.25, -0.2) is 4.39 Å². The van der Waals surface area contributed by atoms with E-state index in [4.69, 9.17) is 26.8 Å². The summed E-state index contributed by atoms with van der Waals surface area (Å²) in [5, 5.41) is 0.0881. The van der Waals surface area contributed by atoms with Crippen LogP contribution >= 0.6 is 11.6 Å². The fourth-order valence-electron chi connectivity index (χ4n) is 2.53. The Morgan fingerprint density at radius 1 is 1.29 bits per heavy atom. The average Bonchev–Trinajstić information content (AvgIpc) is 2.49. The highest BCUT2D eigenvalue weighted by molar-refractivity contribution is 6.30. The van der Waals surface area contributed by atoms with E-state index in [1.54, 1.807) is 19.2 Å². The zero-order chi connectivity index (χ0) is 15.0. The van der Waals surface area contributed by atoms with Crippen molar-refractivity contribution in [3.63, 3.8) is 0 Å². The number of methoxy groups -OCH3 is 1. The van der Waals surface area contributed by atoms with Crippen molar-refractivity contribution in [2.24, 2.45) is 5.73 Å². The van der Waals surface area contributed by atoms with Crippen LogP contribution in [0.2, 0.25) is 5.02 Å². The van der Waals surface area contributed by atoms with E-state index in [-0.39, 0.29) is 17.2 Å². The minimum Gasteiger partial charge on any atom is -0.497 e. The summed E-state index contributed by atoms with van der Waals surface area (Å²) < 4.78 is 24.4. The Morgan fingerprint density at radius 3 is 2.81 bits per heavy atom. The Kier molecular flexibility index (Phi) is 3.74. The van der Waals surface area contributed by atoms with Crippen molar-refractivity contribution >= 4 is 11.6 Å². The van der Waals surface area contributed by atoms with Crippen molar-refractivity contribution in [2.45, 2.75) is 18.6 Å². The molecule has 1 unspecified atom stereocenters. The van der Waals surface area contributed by atoms with Crippen LogP contribution in [0.25, 0.3) is 0 Å². The van der Waals surface area contributed by atoms with Gasteiger partial charge >= 0.3 is 0 Å². The highest BCUT2D eigenvalue weighted by Gasteiger charge is 2.27. The number of benzene rings is 2. The number of fused-ring (bicyclic) bond motifs is 1. The Labute approximate surface area is 127 Å². The first-order valence-corrected chi connectivity index (χ1v) is 7.01. The van der Waals surface area contributed by atoms with Gasteiger partial charge in [-0.1, -0.05) is 17.7 Å². The van der Waals surface area contributed by atoms with Crippen LogP contribution in [0.15, 0.2) is 36.4 Å². The number of hydrogen-bond acceptors (Lipinski definition) is 3. The van der Waals surface area contributed by atoms with Crippen LogP contribution in [0.3, 0.4) is 0 Å². The van der Waals surface area contributed by atoms with Crippen molar-refractivity contribution in [1.82, 2.24) is 0 Å². The van der Waals surface area contributed by atoms with E-state index in [1.165, 1.54) is 6.07 Å². The third-order valence-corrected chi connectivity index (χ3v) is 3.96. The van der Waals surface area contributed by atoms with Crippen LogP contribution in [0, 0.1) is 5.82 Å². The van der Waals surface area contributed by atoms with Gasteiger partial charge in [0, 0.05) is 18.0 Å². The van der Waals surface area contributed by atoms with Crippen molar-refractivity contribution < 1.29 is 13.9 Å². The largest absolute Gasteiger partial charge is 0.497 e. The zero-order valence-electron chi connectivity index (χ0n) is 11.5. The maximum Gasteiger partial charge on any atom is 0.141 e. The molecule has 0 saturated heterocycles. The maximum absolute atomic E-state index is 13.3. The van der Waals surface area contributed by atoms with Gasteiger partial charge in [-0.15, -0.1) is 0 Å². The summed E-state index contributed by atoms with van der Waals surface area (Å²) >= 11 is 5.83. The molecule has 1 aliphatic heterocycles. The van der Waals surface area contributed by atoms with E-state index in [1.807, 2.05) is 18.2 Å². The molecular weight excluding hydrogens is 293 g/mol. The number of nitrogens with two attached hydrogens (primary N) is 1. The molecule has 0 amide bonds. The second kappa shape index (κ2) is 5.54. The van der Waals surface area contributed by atoms with Gasteiger partial charge in [-0.2, -0.15) is 0 Å². The smallest absolute Gasteiger partial charge is 0.141 e. The van der Waals surface area contributed by atoms with Crippen molar-refractivity contribution in [3.8, 4) is 11.5 Å². The summed E-state index contributed by atoms with van der Waals surface area (Å²) in [7, 11) is 1.61. The summed E-state index contributed by atoms with van der Waals surface area (Å²) in [6.45, 7) is 0. The summed E-state index contributed by atoms with van der Waals surface area (Å²) in [6.07, 6.45) is 0.362. The third-order valence-electron chi connectivity index (χ3n) is 3.67. The van der Waals surface area contributed by atoms with E-state index in [0.29, 0.717) is 6.42 Å². The molecule has 0 saturated carbocycles. The number of rotatable bonds is 2.